The molecule has 7 aromatic carbocycles. The van der Waals surface area contributed by atoms with E-state index in [1.807, 2.05) is 6.07 Å². The summed E-state index contributed by atoms with van der Waals surface area (Å²) in [6.45, 7) is 0. The van der Waals surface area contributed by atoms with Crippen LogP contribution in [0, 0.1) is 0 Å². The van der Waals surface area contributed by atoms with Crippen LogP contribution in [-0.4, -0.2) is 10.3 Å². The number of furan rings is 1. The van der Waals surface area contributed by atoms with Crippen molar-refractivity contribution in [3.05, 3.63) is 163 Å². The first-order valence-electron chi connectivity index (χ1n) is 15.7. The minimum Gasteiger partial charge on any atom is -0.455 e. The van der Waals surface area contributed by atoms with Gasteiger partial charge in [-0.05, 0) is 40.6 Å². The molecule has 4 heteroatoms. The van der Waals surface area contributed by atoms with Gasteiger partial charge in [-0.1, -0.05) is 127 Å². The number of rotatable bonds is 3. The van der Waals surface area contributed by atoms with Gasteiger partial charge in [0.15, 0.2) is 0 Å². The molecule has 0 saturated heterocycles. The zero-order valence-electron chi connectivity index (χ0n) is 24.8. The van der Waals surface area contributed by atoms with Crippen molar-refractivity contribution < 1.29 is 4.42 Å². The highest BCUT2D eigenvalue weighted by Crippen LogP contribution is 2.42. The number of nitrogens with one attached hydrogen (secondary N) is 1. The molecule has 46 heavy (non-hydrogen) atoms. The minimum atomic E-state index is -0.368. The molecule has 0 spiro atoms. The Bertz CT molecular complexity index is 2680. The van der Waals surface area contributed by atoms with Crippen LogP contribution in [0.1, 0.15) is 17.4 Å². The zero-order chi connectivity index (χ0) is 30.2. The Kier molecular flexibility index (Phi) is 5.31. The normalized spacial score (nSPS) is 14.6. The molecule has 9 aromatic rings. The van der Waals surface area contributed by atoms with Crippen molar-refractivity contribution in [2.24, 2.45) is 4.99 Å². The Morgan fingerprint density at radius 3 is 2.02 bits per heavy atom. The Morgan fingerprint density at radius 2 is 1.15 bits per heavy atom. The van der Waals surface area contributed by atoms with Gasteiger partial charge in [0.1, 0.15) is 11.2 Å². The zero-order valence-corrected chi connectivity index (χ0v) is 24.8. The lowest BCUT2D eigenvalue weighted by Crippen LogP contribution is -2.24. The molecular weight excluding hydrogens is 562 g/mol. The monoisotopic (exact) mass is 589 g/mol. The van der Waals surface area contributed by atoms with Crippen molar-refractivity contribution in [2.75, 3.05) is 5.32 Å². The average molecular weight is 590 g/mol. The first-order chi connectivity index (χ1) is 22.8. The van der Waals surface area contributed by atoms with Crippen LogP contribution in [0.15, 0.2) is 161 Å². The van der Waals surface area contributed by atoms with Crippen molar-refractivity contribution in [2.45, 2.75) is 6.29 Å². The van der Waals surface area contributed by atoms with E-state index in [-0.39, 0.29) is 6.29 Å². The number of para-hydroxylation sites is 4. The molecule has 3 heterocycles. The largest absolute Gasteiger partial charge is 0.455 e. The maximum absolute atomic E-state index is 6.84. The van der Waals surface area contributed by atoms with Crippen LogP contribution >= 0.6 is 0 Å². The van der Waals surface area contributed by atoms with Crippen LogP contribution in [0.25, 0.3) is 65.6 Å². The van der Waals surface area contributed by atoms with Crippen molar-refractivity contribution in [1.82, 2.24) is 4.57 Å². The van der Waals surface area contributed by atoms with Crippen LogP contribution < -0.4 is 5.32 Å². The van der Waals surface area contributed by atoms with E-state index < -0.39 is 0 Å². The van der Waals surface area contributed by atoms with Crippen LogP contribution in [0.4, 0.5) is 5.69 Å². The number of nitrogens with zero attached hydrogens (tertiary/aromatic N) is 2. The summed E-state index contributed by atoms with van der Waals surface area (Å²) in [6.07, 6.45) is -0.368. The molecule has 0 fully saturated rings. The summed E-state index contributed by atoms with van der Waals surface area (Å²) in [5, 5.41) is 10.9. The quantitative estimate of drug-likeness (QED) is 0.223. The lowest BCUT2D eigenvalue weighted by molar-refractivity contribution is 0.624. The predicted molar refractivity (Wildman–Crippen MR) is 191 cm³/mol. The molecule has 216 valence electrons. The van der Waals surface area contributed by atoms with Gasteiger partial charge in [0.05, 0.1) is 16.7 Å². The molecule has 0 radical (unpaired) electrons. The van der Waals surface area contributed by atoms with E-state index in [4.69, 9.17) is 9.41 Å². The topological polar surface area (TPSA) is 42.5 Å². The van der Waals surface area contributed by atoms with E-state index in [1.165, 1.54) is 21.5 Å². The van der Waals surface area contributed by atoms with E-state index in [1.54, 1.807) is 0 Å². The molecule has 1 aliphatic heterocycles. The Hall–Kier alpha value is -6.13. The number of anilines is 1. The number of hydrogen-bond donors (Lipinski definition) is 1. The molecule has 1 aliphatic rings. The molecule has 0 aliphatic carbocycles. The molecule has 1 N–H and O–H groups in total. The second kappa shape index (κ2) is 9.68. The van der Waals surface area contributed by atoms with Gasteiger partial charge in [-0.15, -0.1) is 0 Å². The standard InChI is InChI=1S/C42H27N3O/c1-2-12-26(13-3-1)29-18-10-19-30-31-20-11-21-34(41(31)46-40(29)30)39-32-16-6-8-22-35(32)43-42(44-39)45-36-23-9-7-17-33(36)38-28-15-5-4-14-27(28)24-25-37(38)45/h1-25,42-43H. The fraction of sp³-hybridized carbons (Fsp3) is 0.0238. The third-order valence-electron chi connectivity index (χ3n) is 9.43. The van der Waals surface area contributed by atoms with E-state index >= 15 is 0 Å². The van der Waals surface area contributed by atoms with Crippen LogP contribution in [-0.2, 0) is 0 Å². The SMILES string of the molecule is c1ccc(-c2cccc3c2oc2c(C4=NC(n5c6ccccc6c6c7ccccc7ccc65)Nc5ccccc54)cccc23)cc1. The van der Waals surface area contributed by atoms with Gasteiger partial charge in [-0.2, -0.15) is 0 Å². The van der Waals surface area contributed by atoms with Gasteiger partial charge in [0.2, 0.25) is 6.29 Å². The fourth-order valence-corrected chi connectivity index (χ4v) is 7.40. The molecule has 0 amide bonds. The summed E-state index contributed by atoms with van der Waals surface area (Å²) < 4.78 is 9.19. The average Bonchev–Trinajstić information content (AvgIpc) is 3.68. The maximum Gasteiger partial charge on any atom is 0.201 e. The molecule has 0 bridgehead atoms. The predicted octanol–water partition coefficient (Wildman–Crippen LogP) is 10.9. The summed E-state index contributed by atoms with van der Waals surface area (Å²) in [6, 6.07) is 53.5. The number of aliphatic imine (C=N–C) groups is 1. The van der Waals surface area contributed by atoms with Crippen LogP contribution in [0.2, 0.25) is 0 Å². The molecule has 4 nitrogen and oxygen atoms in total. The lowest BCUT2D eigenvalue weighted by Gasteiger charge is -2.28. The summed E-state index contributed by atoms with van der Waals surface area (Å²) in [5.41, 5.74) is 10.3. The van der Waals surface area contributed by atoms with Gasteiger partial charge >= 0.3 is 0 Å². The lowest BCUT2D eigenvalue weighted by atomic mass is 9.97. The highest BCUT2D eigenvalue weighted by atomic mass is 16.3. The number of fused-ring (bicyclic) bond motifs is 9. The van der Waals surface area contributed by atoms with Gasteiger partial charge in [-0.25, -0.2) is 4.99 Å². The highest BCUT2D eigenvalue weighted by Gasteiger charge is 2.27. The summed E-state index contributed by atoms with van der Waals surface area (Å²) >= 11 is 0. The molecule has 1 atom stereocenters. The van der Waals surface area contributed by atoms with Gasteiger partial charge in [0, 0.05) is 43.9 Å². The fourth-order valence-electron chi connectivity index (χ4n) is 7.40. The molecule has 0 saturated carbocycles. The van der Waals surface area contributed by atoms with E-state index in [0.717, 1.165) is 66.6 Å². The van der Waals surface area contributed by atoms with Gasteiger partial charge in [0.25, 0.3) is 0 Å². The summed E-state index contributed by atoms with van der Waals surface area (Å²) in [4.78, 5) is 5.53. The number of aromatic nitrogens is 1. The van der Waals surface area contributed by atoms with Gasteiger partial charge < -0.3 is 14.3 Å². The third-order valence-corrected chi connectivity index (χ3v) is 9.43. The second-order valence-corrected chi connectivity index (χ2v) is 11.9. The minimum absolute atomic E-state index is 0.368. The first kappa shape index (κ1) is 25.2. The molecule has 1 unspecified atom stereocenters. The van der Waals surface area contributed by atoms with Crippen molar-refractivity contribution >= 4 is 65.9 Å². The first-order valence-corrected chi connectivity index (χ1v) is 15.7. The second-order valence-electron chi connectivity index (χ2n) is 11.9. The smallest absolute Gasteiger partial charge is 0.201 e. The van der Waals surface area contributed by atoms with E-state index in [2.05, 4.69) is 155 Å². The molecule has 2 aromatic heterocycles. The van der Waals surface area contributed by atoms with Gasteiger partial charge in [-0.3, -0.25) is 0 Å². The maximum atomic E-state index is 6.84. The Balaban J connectivity index is 1.24. The van der Waals surface area contributed by atoms with Crippen molar-refractivity contribution in [3.63, 3.8) is 0 Å². The van der Waals surface area contributed by atoms with Crippen molar-refractivity contribution in [1.29, 1.82) is 0 Å². The Labute approximate surface area is 264 Å². The third kappa shape index (κ3) is 3.58. The van der Waals surface area contributed by atoms with Crippen LogP contribution in [0.3, 0.4) is 0 Å². The molecular formula is C42H27N3O. The number of benzene rings is 7. The van der Waals surface area contributed by atoms with Crippen molar-refractivity contribution in [3.8, 4) is 11.1 Å². The molecule has 10 rings (SSSR count). The number of hydrogen-bond acceptors (Lipinski definition) is 3. The Morgan fingerprint density at radius 1 is 0.500 bits per heavy atom. The van der Waals surface area contributed by atoms with E-state index in [9.17, 15) is 0 Å². The highest BCUT2D eigenvalue weighted by molar-refractivity contribution is 6.25. The summed E-state index contributed by atoms with van der Waals surface area (Å²) in [7, 11) is 0. The van der Waals surface area contributed by atoms with Crippen LogP contribution in [0.5, 0.6) is 0 Å². The summed E-state index contributed by atoms with van der Waals surface area (Å²) in [5.74, 6) is 0. The van der Waals surface area contributed by atoms with E-state index in [0.29, 0.717) is 0 Å².